The number of benzene rings is 1. The van der Waals surface area contributed by atoms with Crippen LogP contribution < -0.4 is 0 Å². The summed E-state index contributed by atoms with van der Waals surface area (Å²) in [4.78, 5) is 12.6. The zero-order valence-corrected chi connectivity index (χ0v) is 11.9. The van der Waals surface area contributed by atoms with Crippen LogP contribution in [0.4, 0.5) is 0 Å². The van der Waals surface area contributed by atoms with Gasteiger partial charge in [0.1, 0.15) is 0 Å². The van der Waals surface area contributed by atoms with E-state index in [1.807, 2.05) is 18.2 Å². The molecular formula is C17H23NO. The number of allylic oxidation sites excluding steroid dienone is 3. The van der Waals surface area contributed by atoms with Gasteiger partial charge in [-0.3, -0.25) is 4.79 Å². The first-order valence-electron chi connectivity index (χ1n) is 6.77. The van der Waals surface area contributed by atoms with E-state index in [0.29, 0.717) is 6.54 Å². The van der Waals surface area contributed by atoms with Crippen molar-refractivity contribution in [3.63, 3.8) is 0 Å². The van der Waals surface area contributed by atoms with Gasteiger partial charge >= 0.3 is 0 Å². The number of aryl methyl sites for hydroxylation is 1. The largest absolute Gasteiger partial charge is 0.342 e. The Bertz CT molecular complexity index is 420. The van der Waals surface area contributed by atoms with Crippen molar-refractivity contribution in [3.8, 4) is 0 Å². The molecule has 0 aromatic heterocycles. The van der Waals surface area contributed by atoms with Crippen molar-refractivity contribution in [3.05, 3.63) is 60.2 Å². The fourth-order valence-corrected chi connectivity index (χ4v) is 1.67. The summed E-state index contributed by atoms with van der Waals surface area (Å²) < 4.78 is 0. The van der Waals surface area contributed by atoms with Gasteiger partial charge in [-0.05, 0) is 24.8 Å². The van der Waals surface area contributed by atoms with E-state index in [0.717, 1.165) is 12.8 Å². The fraction of sp³-hybridized carbons (Fsp3) is 0.353. The smallest absolute Gasteiger partial charge is 0.219 e. The monoisotopic (exact) mass is 257 g/mol. The van der Waals surface area contributed by atoms with E-state index in [1.54, 1.807) is 18.9 Å². The molecule has 1 aromatic rings. The highest BCUT2D eigenvalue weighted by atomic mass is 16.2. The molecule has 0 fully saturated rings. The lowest BCUT2D eigenvalue weighted by Crippen LogP contribution is -2.23. The minimum absolute atomic E-state index is 0.0940. The highest BCUT2D eigenvalue weighted by Gasteiger charge is 1.96. The molecular weight excluding hydrogens is 234 g/mol. The Kier molecular flexibility index (Phi) is 7.33. The molecule has 2 heteroatoms. The quantitative estimate of drug-likeness (QED) is 0.540. The summed E-state index contributed by atoms with van der Waals surface area (Å²) in [5.41, 5.74) is 1.40. The topological polar surface area (TPSA) is 20.3 Å². The SMILES string of the molecule is CC(=O)N(C)CC=CC=CCCCc1ccccc1. The van der Waals surface area contributed by atoms with E-state index >= 15 is 0 Å². The van der Waals surface area contributed by atoms with Crippen LogP contribution in [0.1, 0.15) is 25.3 Å². The number of carbonyl (C=O) groups is 1. The van der Waals surface area contributed by atoms with E-state index in [4.69, 9.17) is 0 Å². The maximum Gasteiger partial charge on any atom is 0.219 e. The molecule has 0 atom stereocenters. The van der Waals surface area contributed by atoms with Crippen LogP contribution in [0.2, 0.25) is 0 Å². The summed E-state index contributed by atoms with van der Waals surface area (Å²) in [6.45, 7) is 2.25. The molecule has 0 N–H and O–H groups in total. The van der Waals surface area contributed by atoms with E-state index in [1.165, 1.54) is 12.0 Å². The molecule has 0 bridgehead atoms. The lowest BCUT2D eigenvalue weighted by Gasteiger charge is -2.10. The normalized spacial score (nSPS) is 11.3. The van der Waals surface area contributed by atoms with Crippen LogP contribution in [0, 0.1) is 0 Å². The number of carbonyl (C=O) groups excluding carboxylic acids is 1. The molecule has 19 heavy (non-hydrogen) atoms. The summed E-state index contributed by atoms with van der Waals surface area (Å²) >= 11 is 0. The van der Waals surface area contributed by atoms with Crippen molar-refractivity contribution in [1.82, 2.24) is 4.90 Å². The van der Waals surface area contributed by atoms with Crippen LogP contribution in [0.15, 0.2) is 54.6 Å². The number of hydrogen-bond acceptors (Lipinski definition) is 1. The second kappa shape index (κ2) is 9.15. The van der Waals surface area contributed by atoms with Crippen LogP contribution in [0.25, 0.3) is 0 Å². The van der Waals surface area contributed by atoms with Crippen LogP contribution in [-0.2, 0) is 11.2 Å². The van der Waals surface area contributed by atoms with E-state index in [2.05, 4.69) is 36.4 Å². The Morgan fingerprint density at radius 3 is 2.53 bits per heavy atom. The van der Waals surface area contributed by atoms with Crippen molar-refractivity contribution in [2.24, 2.45) is 0 Å². The number of unbranched alkanes of at least 4 members (excludes halogenated alkanes) is 1. The van der Waals surface area contributed by atoms with Gasteiger partial charge in [-0.1, -0.05) is 54.6 Å². The van der Waals surface area contributed by atoms with Crippen LogP contribution in [0.3, 0.4) is 0 Å². The zero-order valence-electron chi connectivity index (χ0n) is 11.9. The Morgan fingerprint density at radius 1 is 1.16 bits per heavy atom. The molecule has 1 amide bonds. The molecule has 2 nitrogen and oxygen atoms in total. The highest BCUT2D eigenvalue weighted by molar-refractivity contribution is 5.72. The van der Waals surface area contributed by atoms with Crippen LogP contribution >= 0.6 is 0 Å². The third kappa shape index (κ3) is 7.24. The van der Waals surface area contributed by atoms with Crippen molar-refractivity contribution in [2.75, 3.05) is 13.6 Å². The van der Waals surface area contributed by atoms with E-state index in [-0.39, 0.29) is 5.91 Å². The second-order valence-corrected chi connectivity index (χ2v) is 4.63. The molecule has 0 heterocycles. The lowest BCUT2D eigenvalue weighted by atomic mass is 10.1. The van der Waals surface area contributed by atoms with Gasteiger partial charge < -0.3 is 4.90 Å². The minimum atomic E-state index is 0.0940. The Labute approximate surface area is 116 Å². The zero-order chi connectivity index (χ0) is 13.9. The van der Waals surface area contributed by atoms with E-state index in [9.17, 15) is 4.79 Å². The summed E-state index contributed by atoms with van der Waals surface area (Å²) in [7, 11) is 1.80. The Hall–Kier alpha value is -1.83. The molecule has 1 aromatic carbocycles. The highest BCUT2D eigenvalue weighted by Crippen LogP contribution is 2.04. The number of hydrogen-bond donors (Lipinski definition) is 0. The first-order valence-corrected chi connectivity index (χ1v) is 6.77. The lowest BCUT2D eigenvalue weighted by molar-refractivity contribution is -0.127. The molecule has 0 aliphatic carbocycles. The van der Waals surface area contributed by atoms with Crippen molar-refractivity contribution >= 4 is 5.91 Å². The molecule has 0 aliphatic rings. The summed E-state index contributed by atoms with van der Waals surface area (Å²) in [6.07, 6.45) is 11.6. The van der Waals surface area contributed by atoms with Gasteiger partial charge in [0, 0.05) is 20.5 Å². The maximum atomic E-state index is 11.0. The maximum absolute atomic E-state index is 11.0. The number of rotatable bonds is 7. The van der Waals surface area contributed by atoms with E-state index < -0.39 is 0 Å². The fourth-order valence-electron chi connectivity index (χ4n) is 1.67. The molecule has 102 valence electrons. The van der Waals surface area contributed by atoms with Gasteiger partial charge in [-0.15, -0.1) is 0 Å². The predicted molar refractivity (Wildman–Crippen MR) is 81.0 cm³/mol. The van der Waals surface area contributed by atoms with Gasteiger partial charge in [0.2, 0.25) is 5.91 Å². The standard InChI is InChI=1S/C17H23NO/c1-16(19)18(2)15-11-6-4-3-5-8-12-17-13-9-7-10-14-17/h3-4,6-7,9-11,13-14H,5,8,12,15H2,1-2H3. The van der Waals surface area contributed by atoms with Crippen molar-refractivity contribution in [1.29, 1.82) is 0 Å². The molecule has 0 saturated carbocycles. The summed E-state index contributed by atoms with van der Waals surface area (Å²) in [5.74, 6) is 0.0940. The number of amides is 1. The second-order valence-electron chi connectivity index (χ2n) is 4.63. The molecule has 1 rings (SSSR count). The average Bonchev–Trinajstić information content (AvgIpc) is 2.42. The van der Waals surface area contributed by atoms with Gasteiger partial charge in [0.15, 0.2) is 0 Å². The summed E-state index contributed by atoms with van der Waals surface area (Å²) in [5, 5.41) is 0. The third-order valence-corrected chi connectivity index (χ3v) is 2.98. The average molecular weight is 257 g/mol. The van der Waals surface area contributed by atoms with Crippen LogP contribution in [-0.4, -0.2) is 24.4 Å². The molecule has 0 radical (unpaired) electrons. The molecule has 0 saturated heterocycles. The van der Waals surface area contributed by atoms with Gasteiger partial charge in [0.25, 0.3) is 0 Å². The Morgan fingerprint density at radius 2 is 1.84 bits per heavy atom. The van der Waals surface area contributed by atoms with Crippen molar-refractivity contribution < 1.29 is 4.79 Å². The number of likely N-dealkylation sites (N-methyl/N-ethyl adjacent to an activating group) is 1. The molecule has 0 unspecified atom stereocenters. The van der Waals surface area contributed by atoms with Crippen molar-refractivity contribution in [2.45, 2.75) is 26.2 Å². The molecule has 0 aliphatic heterocycles. The first-order chi connectivity index (χ1) is 9.20. The summed E-state index contributed by atoms with van der Waals surface area (Å²) in [6, 6.07) is 10.5. The third-order valence-electron chi connectivity index (χ3n) is 2.98. The van der Waals surface area contributed by atoms with Crippen LogP contribution in [0.5, 0.6) is 0 Å². The minimum Gasteiger partial charge on any atom is -0.342 e. The van der Waals surface area contributed by atoms with Gasteiger partial charge in [-0.2, -0.15) is 0 Å². The molecule has 0 spiro atoms. The predicted octanol–water partition coefficient (Wildman–Crippen LogP) is 3.60. The van der Waals surface area contributed by atoms with Gasteiger partial charge in [-0.25, -0.2) is 0 Å². The first kappa shape index (κ1) is 15.2. The number of nitrogens with zero attached hydrogens (tertiary/aromatic N) is 1. The van der Waals surface area contributed by atoms with Gasteiger partial charge in [0.05, 0.1) is 0 Å². The Balaban J connectivity index is 2.11.